The fraction of sp³-hybridized carbons (Fsp3) is 0.0522. The number of fused-ring (bicyclic) bond motifs is 12. The van der Waals surface area contributed by atoms with E-state index in [1.807, 2.05) is 254 Å². The van der Waals surface area contributed by atoms with Gasteiger partial charge >= 0.3 is 0 Å². The highest BCUT2D eigenvalue weighted by atomic mass is 35.5. The normalized spacial score (nSPS) is 12.8. The highest BCUT2D eigenvalue weighted by Crippen LogP contribution is 2.46. The number of imidazole rings is 7. The Labute approximate surface area is 833 Å². The fourth-order valence-electron chi connectivity index (χ4n) is 19.2. The van der Waals surface area contributed by atoms with Gasteiger partial charge in [0.1, 0.15) is 16.9 Å². The Bertz CT molecular complexity index is 8840. The van der Waals surface area contributed by atoms with Gasteiger partial charge in [-0.15, -0.1) is 10.2 Å². The van der Waals surface area contributed by atoms with Gasteiger partial charge in [-0.2, -0.15) is 0 Å². The molecule has 0 saturated heterocycles. The summed E-state index contributed by atoms with van der Waals surface area (Å²) in [6.45, 7) is 0. The second kappa shape index (κ2) is 37.9. The van der Waals surface area contributed by atoms with Gasteiger partial charge in [-0.3, -0.25) is 17.6 Å². The van der Waals surface area contributed by atoms with Gasteiger partial charge in [0.25, 0.3) is 0 Å². The molecule has 25 aromatic rings. The minimum absolute atomic E-state index is 0.0418. The number of benzene rings is 13. The molecule has 25 heteroatoms. The number of aliphatic hydroxyl groups is 2. The molecule has 13 aromatic carbocycles. The van der Waals surface area contributed by atoms with Crippen LogP contribution in [0.15, 0.2) is 433 Å². The predicted molar refractivity (Wildman–Crippen MR) is 561 cm³/mol. The van der Waals surface area contributed by atoms with Crippen LogP contribution >= 0.6 is 69.6 Å². The summed E-state index contributed by atoms with van der Waals surface area (Å²) in [5.41, 5.74) is 22.9. The van der Waals surface area contributed by atoms with Gasteiger partial charge in [-0.25, -0.2) is 34.9 Å². The third kappa shape index (κ3) is 16.9. The summed E-state index contributed by atoms with van der Waals surface area (Å²) in [6, 6.07) is 111. The first-order chi connectivity index (χ1) is 68.4. The van der Waals surface area contributed by atoms with Crippen LogP contribution in [0.25, 0.3) is 122 Å². The standard InChI is InChI=1S/C32H22ClN5.C28H20Cl2N4O.C28H21ClN4O.C27H18Cl2N4/c33-26-14-11-23(12-15-26)31(37-18-17-34-21-37)25-13-16-29-28(19-25)27(22-7-3-1-4-8-22)20-30-35-36-32(38(29)30)24-9-5-2-6-10-24;1-33-17-31-16-26(33)28(35,19-5-8-21(29)9-6-19)20-7-10-25-24(14-20)23(15-27-32-11-12-34(25)27)18-3-2-4-22(30)13-18;1-32-18-30-17-26(32)28(34,20-7-10-22(29)11-8-20)21-9-12-25-24(15-21)23(19-5-3-2-4-6-19)16-27-31-13-14-33(25)27;28-21-7-4-18(5-8-21)27(32-12-10-30-17-32)20-6-9-25-24(15-20)23(16-26-31-11-13-33(25)26)19-2-1-3-22(29)14-19/h1-21,31H;2-17,35H,1H3;2-18,34H,1H3;1-17,27H. The van der Waals surface area contributed by atoms with Crippen LogP contribution in [0.1, 0.15) is 68.0 Å². The minimum Gasteiger partial charge on any atom is -0.374 e. The molecule has 0 fully saturated rings. The Morgan fingerprint density at radius 2 is 0.614 bits per heavy atom. The van der Waals surface area contributed by atoms with Crippen molar-refractivity contribution in [1.82, 2.24) is 81.0 Å². The lowest BCUT2D eigenvalue weighted by molar-refractivity contribution is 0.117. The van der Waals surface area contributed by atoms with E-state index >= 15 is 0 Å². The van der Waals surface area contributed by atoms with Crippen molar-refractivity contribution in [3.8, 4) is 55.9 Å². The van der Waals surface area contributed by atoms with E-state index in [0.717, 1.165) is 150 Å². The van der Waals surface area contributed by atoms with Gasteiger partial charge in [0, 0.05) is 133 Å². The molecule has 140 heavy (non-hydrogen) atoms. The summed E-state index contributed by atoms with van der Waals surface area (Å²) in [6.07, 6.45) is 29.4. The summed E-state index contributed by atoms with van der Waals surface area (Å²) in [4.78, 5) is 30.8. The number of hydrogen-bond acceptors (Lipinski definition) is 11. The van der Waals surface area contributed by atoms with Crippen LogP contribution in [0.5, 0.6) is 0 Å². The van der Waals surface area contributed by atoms with E-state index in [9.17, 15) is 10.2 Å². The molecule has 0 aliphatic rings. The van der Waals surface area contributed by atoms with E-state index in [2.05, 4.69) is 207 Å². The molecule has 0 aliphatic heterocycles. The second-order valence-electron chi connectivity index (χ2n) is 34.2. The van der Waals surface area contributed by atoms with Gasteiger partial charge in [0.05, 0.1) is 83.2 Å². The van der Waals surface area contributed by atoms with Gasteiger partial charge < -0.3 is 28.5 Å². The number of hydrogen-bond donors (Lipinski definition) is 2. The summed E-state index contributed by atoms with van der Waals surface area (Å²) < 4.78 is 16.3. The number of pyridine rings is 4. The van der Waals surface area contributed by atoms with E-state index in [-0.39, 0.29) is 12.1 Å². The monoisotopic (exact) mass is 1940 g/mol. The van der Waals surface area contributed by atoms with Gasteiger partial charge in [-0.1, -0.05) is 258 Å². The van der Waals surface area contributed by atoms with Crippen LogP contribution < -0.4 is 0 Å². The quantitative estimate of drug-likeness (QED) is 0.0881. The minimum atomic E-state index is -1.46. The van der Waals surface area contributed by atoms with E-state index < -0.39 is 11.2 Å². The molecule has 0 radical (unpaired) electrons. The molecule has 0 amide bonds. The van der Waals surface area contributed by atoms with Gasteiger partial charge in [-0.05, 0) is 235 Å². The van der Waals surface area contributed by atoms with Crippen LogP contribution in [0.2, 0.25) is 30.1 Å². The molecular formula is C115H81Cl6N17O2. The Kier molecular flexibility index (Phi) is 24.2. The van der Waals surface area contributed by atoms with Crippen molar-refractivity contribution in [3.63, 3.8) is 0 Å². The number of rotatable bonds is 17. The number of aromatic nitrogens is 17. The molecule has 2 N–H and O–H groups in total. The molecule has 0 saturated carbocycles. The van der Waals surface area contributed by atoms with E-state index in [1.165, 1.54) is 0 Å². The molecule has 19 nitrogen and oxygen atoms in total. The molecule has 0 spiro atoms. The number of nitrogens with zero attached hydrogens (tertiary/aromatic N) is 17. The summed E-state index contributed by atoms with van der Waals surface area (Å²) in [7, 11) is 3.76. The summed E-state index contributed by atoms with van der Waals surface area (Å²) >= 11 is 37.4. The topological polar surface area (TPSA) is 194 Å². The van der Waals surface area contributed by atoms with Crippen LogP contribution in [0.3, 0.4) is 0 Å². The Morgan fingerprint density at radius 1 is 0.271 bits per heavy atom. The molecule has 12 aromatic heterocycles. The lowest BCUT2D eigenvalue weighted by Gasteiger charge is -2.30. The van der Waals surface area contributed by atoms with Crippen molar-refractivity contribution >= 4 is 136 Å². The highest BCUT2D eigenvalue weighted by molar-refractivity contribution is 6.32. The molecule has 0 bridgehead atoms. The Hall–Kier alpha value is -15.9. The zero-order valence-corrected chi connectivity index (χ0v) is 79.4. The SMILES string of the molecule is Clc1ccc(C(c2ccc3c(c2)c(-c2cccc(Cl)c2)cc2nccn23)n2ccnc2)cc1.Clc1ccc(C(c2ccc3c(c2)c(-c2ccccc2)cc2nnc(-c4ccccc4)n23)n2ccnc2)cc1.Cn1cncc1C(O)(c1ccc(Cl)cc1)c1ccc2c(c1)c(-c1cccc(Cl)c1)cc1nccn12.Cn1cncc1C(O)(c1ccc(Cl)cc1)c1ccc2c(c1)c(-c1ccccc1)cc1nccn12. The van der Waals surface area contributed by atoms with Crippen molar-refractivity contribution in [3.05, 3.63) is 519 Å². The second-order valence-corrected chi connectivity index (χ2v) is 36.8. The maximum absolute atomic E-state index is 12.4. The Balaban J connectivity index is 0.000000107. The van der Waals surface area contributed by atoms with Crippen LogP contribution in [-0.4, -0.2) is 91.2 Å². The molecule has 12 heterocycles. The predicted octanol–water partition coefficient (Wildman–Crippen LogP) is 27.3. The van der Waals surface area contributed by atoms with Gasteiger partial charge in [0.2, 0.25) is 0 Å². The first kappa shape index (κ1) is 89.3. The van der Waals surface area contributed by atoms with E-state index in [0.29, 0.717) is 58.2 Å². The van der Waals surface area contributed by atoms with Crippen LogP contribution in [0, 0.1) is 0 Å². The molecule has 4 atom stereocenters. The van der Waals surface area contributed by atoms with Crippen LogP contribution in [-0.2, 0) is 25.3 Å². The maximum Gasteiger partial charge on any atom is 0.168 e. The first-order valence-electron chi connectivity index (χ1n) is 45.0. The van der Waals surface area contributed by atoms with E-state index in [4.69, 9.17) is 69.6 Å². The van der Waals surface area contributed by atoms with Crippen molar-refractivity contribution < 1.29 is 10.2 Å². The zero-order valence-electron chi connectivity index (χ0n) is 74.9. The lowest BCUT2D eigenvalue weighted by Crippen LogP contribution is -2.31. The smallest absolute Gasteiger partial charge is 0.168 e. The first-order valence-corrected chi connectivity index (χ1v) is 47.3. The summed E-state index contributed by atoms with van der Waals surface area (Å²) in [5, 5.41) is 42.1. The zero-order chi connectivity index (χ0) is 95.3. The molecule has 4 unspecified atom stereocenters. The molecular weight excluding hydrogens is 1860 g/mol. The average molecular weight is 1950 g/mol. The fourth-order valence-corrected chi connectivity index (χ4v) is 20.1. The van der Waals surface area contributed by atoms with Crippen molar-refractivity contribution in [1.29, 1.82) is 0 Å². The maximum atomic E-state index is 12.4. The van der Waals surface area contributed by atoms with Crippen molar-refractivity contribution in [2.75, 3.05) is 0 Å². The summed E-state index contributed by atoms with van der Waals surface area (Å²) in [5.74, 6) is 0.821. The van der Waals surface area contributed by atoms with Crippen molar-refractivity contribution in [2.45, 2.75) is 23.3 Å². The van der Waals surface area contributed by atoms with Crippen LogP contribution in [0.4, 0.5) is 0 Å². The number of aryl methyl sites for hydroxylation is 2. The van der Waals surface area contributed by atoms with Gasteiger partial charge in [0.15, 0.2) is 22.7 Å². The highest BCUT2D eigenvalue weighted by Gasteiger charge is 2.39. The number of halogens is 6. The molecule has 25 rings (SSSR count). The average Bonchev–Trinajstić information content (AvgIpc) is 1.14. The molecule has 680 valence electrons. The Morgan fingerprint density at radius 3 is 1.00 bits per heavy atom. The van der Waals surface area contributed by atoms with Crippen molar-refractivity contribution in [2.24, 2.45) is 14.1 Å². The lowest BCUT2D eigenvalue weighted by atomic mass is 9.82. The third-order valence-electron chi connectivity index (χ3n) is 25.9. The third-order valence-corrected chi connectivity index (χ3v) is 27.3. The largest absolute Gasteiger partial charge is 0.374 e. The molecule has 0 aliphatic carbocycles. The van der Waals surface area contributed by atoms with E-state index in [1.54, 1.807) is 67.9 Å².